The Bertz CT molecular complexity index is 637. The summed E-state index contributed by atoms with van der Waals surface area (Å²) in [7, 11) is 0. The number of aromatic nitrogens is 3. The second-order valence-electron chi connectivity index (χ2n) is 4.55. The first-order valence-electron chi connectivity index (χ1n) is 6.20. The second kappa shape index (κ2) is 4.17. The van der Waals surface area contributed by atoms with Gasteiger partial charge in [0.25, 0.3) is 5.91 Å². The van der Waals surface area contributed by atoms with Crippen molar-refractivity contribution in [2.45, 2.75) is 25.5 Å². The summed E-state index contributed by atoms with van der Waals surface area (Å²) < 4.78 is 1.57. The fourth-order valence-electron chi connectivity index (χ4n) is 2.41. The summed E-state index contributed by atoms with van der Waals surface area (Å²) in [5, 5.41) is 21.3. The van der Waals surface area contributed by atoms with Crippen LogP contribution in [0, 0.1) is 0 Å². The van der Waals surface area contributed by atoms with Crippen molar-refractivity contribution >= 4 is 11.6 Å². The van der Waals surface area contributed by atoms with Crippen molar-refractivity contribution in [3.05, 3.63) is 41.7 Å². The summed E-state index contributed by atoms with van der Waals surface area (Å²) in [5.41, 5.74) is -0.148. The van der Waals surface area contributed by atoms with Crippen LogP contribution in [-0.2, 0) is 16.9 Å². The number of hydrogen-bond acceptors (Lipinski definition) is 4. The molecule has 0 bridgehead atoms. The maximum absolute atomic E-state index is 12.2. The van der Waals surface area contributed by atoms with E-state index in [1.54, 1.807) is 22.9 Å². The van der Waals surface area contributed by atoms with Crippen LogP contribution in [0.25, 0.3) is 0 Å². The number of para-hydroxylation sites is 1. The number of benzene rings is 1. The second-order valence-corrected chi connectivity index (χ2v) is 4.55. The summed E-state index contributed by atoms with van der Waals surface area (Å²) in [5.74, 6) is -0.464. The van der Waals surface area contributed by atoms with E-state index in [1.165, 1.54) is 6.20 Å². The number of nitrogens with one attached hydrogen (secondary N) is 1. The largest absolute Gasteiger partial charge is 0.370 e. The lowest BCUT2D eigenvalue weighted by Gasteiger charge is -2.21. The molecule has 0 fully saturated rings. The molecule has 2 heterocycles. The van der Waals surface area contributed by atoms with Gasteiger partial charge in [0.2, 0.25) is 5.60 Å². The lowest BCUT2D eigenvalue weighted by atomic mass is 9.92. The van der Waals surface area contributed by atoms with Crippen molar-refractivity contribution in [3.63, 3.8) is 0 Å². The molecule has 0 spiro atoms. The zero-order chi connectivity index (χ0) is 13.5. The van der Waals surface area contributed by atoms with Gasteiger partial charge in [0.05, 0.1) is 6.20 Å². The molecule has 1 unspecified atom stereocenters. The van der Waals surface area contributed by atoms with Crippen LogP contribution in [0.5, 0.6) is 0 Å². The molecule has 6 heteroatoms. The molecule has 2 N–H and O–H groups in total. The molecule has 3 rings (SSSR count). The van der Waals surface area contributed by atoms with Gasteiger partial charge in [0, 0.05) is 17.8 Å². The van der Waals surface area contributed by atoms with E-state index in [0.717, 1.165) is 6.42 Å². The Balaban J connectivity index is 2.17. The van der Waals surface area contributed by atoms with Gasteiger partial charge in [-0.1, -0.05) is 30.3 Å². The third-order valence-corrected chi connectivity index (χ3v) is 3.32. The van der Waals surface area contributed by atoms with Gasteiger partial charge in [0.15, 0.2) is 0 Å². The van der Waals surface area contributed by atoms with Gasteiger partial charge in [-0.2, -0.15) is 0 Å². The molecule has 1 aromatic heterocycles. The van der Waals surface area contributed by atoms with E-state index >= 15 is 0 Å². The van der Waals surface area contributed by atoms with Crippen molar-refractivity contribution in [2.24, 2.45) is 0 Å². The molecular weight excluding hydrogens is 244 g/mol. The topological polar surface area (TPSA) is 80.0 Å². The predicted molar refractivity (Wildman–Crippen MR) is 68.4 cm³/mol. The minimum Gasteiger partial charge on any atom is -0.370 e. The van der Waals surface area contributed by atoms with Crippen LogP contribution in [0.4, 0.5) is 5.69 Å². The van der Waals surface area contributed by atoms with E-state index < -0.39 is 11.5 Å². The normalized spacial score (nSPS) is 21.3. The smallest absolute Gasteiger partial charge is 0.267 e. The van der Waals surface area contributed by atoms with Gasteiger partial charge in [0.1, 0.15) is 5.69 Å². The monoisotopic (exact) mass is 258 g/mol. The highest BCUT2D eigenvalue weighted by Crippen LogP contribution is 2.40. The molecule has 1 aliphatic heterocycles. The molecule has 0 saturated carbocycles. The van der Waals surface area contributed by atoms with Crippen molar-refractivity contribution in [1.29, 1.82) is 0 Å². The summed E-state index contributed by atoms with van der Waals surface area (Å²) >= 11 is 0. The van der Waals surface area contributed by atoms with Gasteiger partial charge < -0.3 is 10.4 Å². The van der Waals surface area contributed by atoms with E-state index in [1.807, 2.05) is 13.0 Å². The zero-order valence-electron chi connectivity index (χ0n) is 10.5. The van der Waals surface area contributed by atoms with Crippen LogP contribution in [-0.4, -0.2) is 26.0 Å². The van der Waals surface area contributed by atoms with Crippen LogP contribution >= 0.6 is 0 Å². The number of fused-ring (bicyclic) bond motifs is 1. The lowest BCUT2D eigenvalue weighted by molar-refractivity contribution is -0.130. The van der Waals surface area contributed by atoms with E-state index in [9.17, 15) is 9.90 Å². The molecule has 19 heavy (non-hydrogen) atoms. The van der Waals surface area contributed by atoms with E-state index in [4.69, 9.17) is 0 Å². The Morgan fingerprint density at radius 2 is 2.21 bits per heavy atom. The highest BCUT2D eigenvalue weighted by Gasteiger charge is 2.49. The van der Waals surface area contributed by atoms with Gasteiger partial charge >= 0.3 is 0 Å². The molecule has 2 aromatic rings. The Morgan fingerprint density at radius 3 is 3.00 bits per heavy atom. The van der Waals surface area contributed by atoms with Crippen molar-refractivity contribution in [2.75, 3.05) is 5.32 Å². The van der Waals surface area contributed by atoms with Gasteiger partial charge in [-0.3, -0.25) is 4.79 Å². The summed E-state index contributed by atoms with van der Waals surface area (Å²) in [6.07, 6.45) is 2.28. The number of anilines is 1. The maximum Gasteiger partial charge on any atom is 0.267 e. The van der Waals surface area contributed by atoms with Gasteiger partial charge in [-0.25, -0.2) is 4.68 Å². The number of nitrogens with zero attached hydrogens (tertiary/aromatic N) is 3. The van der Waals surface area contributed by atoms with Gasteiger partial charge in [-0.15, -0.1) is 5.10 Å². The first-order valence-corrected chi connectivity index (χ1v) is 6.20. The number of carbonyl (C=O) groups is 1. The van der Waals surface area contributed by atoms with E-state index in [-0.39, 0.29) is 0 Å². The van der Waals surface area contributed by atoms with Crippen LogP contribution in [0.2, 0.25) is 0 Å². The molecule has 0 aliphatic carbocycles. The minimum absolute atomic E-state index is 0.400. The molecule has 1 amide bonds. The third kappa shape index (κ3) is 1.57. The van der Waals surface area contributed by atoms with Crippen LogP contribution in [0.1, 0.15) is 24.6 Å². The van der Waals surface area contributed by atoms with Crippen molar-refractivity contribution in [3.8, 4) is 0 Å². The molecule has 1 atom stereocenters. The van der Waals surface area contributed by atoms with E-state index in [0.29, 0.717) is 23.5 Å². The average molecular weight is 258 g/mol. The molecule has 0 radical (unpaired) electrons. The number of amides is 1. The quantitative estimate of drug-likeness (QED) is 0.856. The summed E-state index contributed by atoms with van der Waals surface area (Å²) in [4.78, 5) is 12.2. The maximum atomic E-state index is 12.2. The highest BCUT2D eigenvalue weighted by molar-refractivity contribution is 6.06. The Labute approximate surface area is 110 Å². The van der Waals surface area contributed by atoms with Crippen molar-refractivity contribution < 1.29 is 9.90 Å². The standard InChI is InChI=1S/C13H14N4O2/c1-2-7-17-11(8-14-16-17)13(19)9-5-3-4-6-10(9)15-12(13)18/h3-6,8,19H,2,7H2,1H3,(H,15,18). The Morgan fingerprint density at radius 1 is 1.42 bits per heavy atom. The average Bonchev–Trinajstić information content (AvgIpc) is 2.96. The summed E-state index contributed by atoms with van der Waals surface area (Å²) in [6.45, 7) is 2.60. The zero-order valence-corrected chi connectivity index (χ0v) is 10.5. The molecule has 1 aliphatic rings. The van der Waals surface area contributed by atoms with Crippen LogP contribution < -0.4 is 5.32 Å². The number of hydrogen-bond donors (Lipinski definition) is 2. The SMILES string of the molecule is CCCn1nncc1C1(O)C(=O)Nc2ccccc21. The fraction of sp³-hybridized carbons (Fsp3) is 0.308. The van der Waals surface area contributed by atoms with Crippen LogP contribution in [0.3, 0.4) is 0 Å². The Kier molecular flexibility index (Phi) is 2.60. The molecule has 0 saturated heterocycles. The predicted octanol–water partition coefficient (Wildman–Crippen LogP) is 0.876. The molecular formula is C13H14N4O2. The third-order valence-electron chi connectivity index (χ3n) is 3.32. The highest BCUT2D eigenvalue weighted by atomic mass is 16.3. The first-order chi connectivity index (χ1) is 9.17. The number of aryl methyl sites for hydroxylation is 1. The number of carbonyl (C=O) groups excluding carboxylic acids is 1. The summed E-state index contributed by atoms with van der Waals surface area (Å²) in [6, 6.07) is 7.10. The van der Waals surface area contributed by atoms with Crippen molar-refractivity contribution in [1.82, 2.24) is 15.0 Å². The Hall–Kier alpha value is -2.21. The minimum atomic E-state index is -1.71. The molecule has 1 aromatic carbocycles. The van der Waals surface area contributed by atoms with Gasteiger partial charge in [-0.05, 0) is 12.5 Å². The van der Waals surface area contributed by atoms with Crippen LogP contribution in [0.15, 0.2) is 30.5 Å². The fourth-order valence-corrected chi connectivity index (χ4v) is 2.41. The number of rotatable bonds is 3. The molecule has 98 valence electrons. The van der Waals surface area contributed by atoms with E-state index in [2.05, 4.69) is 15.6 Å². The number of aliphatic hydroxyl groups is 1. The lowest BCUT2D eigenvalue weighted by Crippen LogP contribution is -2.37. The first kappa shape index (κ1) is 11.9. The molecule has 6 nitrogen and oxygen atoms in total.